The van der Waals surface area contributed by atoms with E-state index in [1.165, 1.54) is 16.8 Å². The highest BCUT2D eigenvalue weighted by Gasteiger charge is 2.47. The van der Waals surface area contributed by atoms with Gasteiger partial charge in [0.25, 0.3) is 5.56 Å². The van der Waals surface area contributed by atoms with Crippen LogP contribution in [-0.4, -0.2) is 43.6 Å². The van der Waals surface area contributed by atoms with Crippen LogP contribution in [0, 0.1) is 0 Å². The van der Waals surface area contributed by atoms with Crippen molar-refractivity contribution in [2.24, 2.45) is 0 Å². The van der Waals surface area contributed by atoms with Crippen molar-refractivity contribution in [2.75, 3.05) is 6.61 Å². The molecule has 23 heavy (non-hydrogen) atoms. The topological polar surface area (TPSA) is 117 Å². The van der Waals surface area contributed by atoms with Crippen LogP contribution in [0.2, 0.25) is 0 Å². The third kappa shape index (κ3) is 2.96. The van der Waals surface area contributed by atoms with Crippen molar-refractivity contribution in [3.63, 3.8) is 0 Å². The summed E-state index contributed by atoms with van der Waals surface area (Å²) in [5.74, 6) is 0. The summed E-state index contributed by atoms with van der Waals surface area (Å²) in [6.07, 6.45) is 3.27. The van der Waals surface area contributed by atoms with Gasteiger partial charge in [0.1, 0.15) is 6.10 Å². The average molecular weight is 319 g/mol. The summed E-state index contributed by atoms with van der Waals surface area (Å²) in [6, 6.07) is 4.78. The summed E-state index contributed by atoms with van der Waals surface area (Å²) in [5, 5.41) is 19.5. The van der Waals surface area contributed by atoms with Gasteiger partial charge in [-0.1, -0.05) is 0 Å². The SMILES string of the molecule is O=c1ccn([C@@]2(Cc3ccncc3)C[C@H](O)[C@@H](CO)O2)c(=O)[nH]1. The first kappa shape index (κ1) is 15.6. The Morgan fingerprint density at radius 2 is 2.09 bits per heavy atom. The summed E-state index contributed by atoms with van der Waals surface area (Å²) in [7, 11) is 0. The van der Waals surface area contributed by atoms with Crippen molar-refractivity contribution in [1.82, 2.24) is 14.5 Å². The molecule has 3 N–H and O–H groups in total. The Morgan fingerprint density at radius 3 is 2.70 bits per heavy atom. The van der Waals surface area contributed by atoms with Crippen LogP contribution in [0.4, 0.5) is 0 Å². The van der Waals surface area contributed by atoms with E-state index in [4.69, 9.17) is 4.74 Å². The Labute approximate surface area is 131 Å². The molecule has 3 rings (SSSR count). The second-order valence-corrected chi connectivity index (χ2v) is 5.57. The number of hydrogen-bond donors (Lipinski definition) is 3. The molecule has 0 amide bonds. The van der Waals surface area contributed by atoms with Crippen LogP contribution in [-0.2, 0) is 16.9 Å². The molecule has 1 fully saturated rings. The summed E-state index contributed by atoms with van der Waals surface area (Å²) in [5.41, 5.74) is -1.47. The molecule has 0 aromatic carbocycles. The number of aromatic amines is 1. The maximum Gasteiger partial charge on any atom is 0.330 e. The lowest BCUT2D eigenvalue weighted by Crippen LogP contribution is -2.45. The van der Waals surface area contributed by atoms with Gasteiger partial charge in [-0.05, 0) is 17.7 Å². The Balaban J connectivity index is 2.07. The first-order valence-corrected chi connectivity index (χ1v) is 7.22. The number of rotatable bonds is 4. The molecule has 0 spiro atoms. The largest absolute Gasteiger partial charge is 0.394 e. The van der Waals surface area contributed by atoms with E-state index < -0.39 is 29.2 Å². The van der Waals surface area contributed by atoms with E-state index in [1.54, 1.807) is 24.5 Å². The molecule has 2 aromatic heterocycles. The number of aromatic nitrogens is 3. The van der Waals surface area contributed by atoms with Crippen molar-refractivity contribution >= 4 is 0 Å². The van der Waals surface area contributed by atoms with Gasteiger partial charge in [-0.25, -0.2) is 4.79 Å². The molecule has 3 heterocycles. The summed E-state index contributed by atoms with van der Waals surface area (Å²) >= 11 is 0. The minimum absolute atomic E-state index is 0.118. The summed E-state index contributed by atoms with van der Waals surface area (Å²) in [6.45, 7) is -0.364. The number of nitrogens with zero attached hydrogens (tertiary/aromatic N) is 2. The van der Waals surface area contributed by atoms with E-state index in [9.17, 15) is 19.8 Å². The molecule has 2 aromatic rings. The van der Waals surface area contributed by atoms with Crippen LogP contribution in [0.5, 0.6) is 0 Å². The Bertz CT molecular complexity index is 787. The van der Waals surface area contributed by atoms with E-state index in [2.05, 4.69) is 9.97 Å². The quantitative estimate of drug-likeness (QED) is 0.663. The second kappa shape index (κ2) is 6.07. The van der Waals surface area contributed by atoms with Crippen LogP contribution in [0.3, 0.4) is 0 Å². The number of H-pyrrole nitrogens is 1. The monoisotopic (exact) mass is 319 g/mol. The minimum Gasteiger partial charge on any atom is -0.394 e. The fraction of sp³-hybridized carbons (Fsp3) is 0.400. The van der Waals surface area contributed by atoms with Crippen molar-refractivity contribution in [1.29, 1.82) is 0 Å². The minimum atomic E-state index is -1.19. The van der Waals surface area contributed by atoms with Crippen LogP contribution in [0.25, 0.3) is 0 Å². The average Bonchev–Trinajstić information content (AvgIpc) is 2.84. The van der Waals surface area contributed by atoms with Gasteiger partial charge in [-0.3, -0.25) is 19.3 Å². The smallest absolute Gasteiger partial charge is 0.330 e. The second-order valence-electron chi connectivity index (χ2n) is 5.57. The van der Waals surface area contributed by atoms with Crippen molar-refractivity contribution in [2.45, 2.75) is 30.8 Å². The van der Waals surface area contributed by atoms with E-state index >= 15 is 0 Å². The van der Waals surface area contributed by atoms with Crippen molar-refractivity contribution in [3.8, 4) is 0 Å². The van der Waals surface area contributed by atoms with Gasteiger partial charge in [0.2, 0.25) is 0 Å². The molecule has 1 aliphatic rings. The normalized spacial score (nSPS) is 27.2. The van der Waals surface area contributed by atoms with Crippen molar-refractivity contribution in [3.05, 3.63) is 63.2 Å². The zero-order chi connectivity index (χ0) is 16.4. The maximum absolute atomic E-state index is 12.2. The number of aliphatic hydroxyl groups excluding tert-OH is 2. The molecular weight excluding hydrogens is 302 g/mol. The lowest BCUT2D eigenvalue weighted by atomic mass is 9.98. The highest BCUT2D eigenvalue weighted by atomic mass is 16.6. The molecule has 122 valence electrons. The summed E-state index contributed by atoms with van der Waals surface area (Å²) in [4.78, 5) is 29.6. The highest BCUT2D eigenvalue weighted by Crippen LogP contribution is 2.37. The van der Waals surface area contributed by atoms with Gasteiger partial charge in [0.15, 0.2) is 5.72 Å². The molecule has 0 bridgehead atoms. The number of pyridine rings is 1. The predicted molar refractivity (Wildman–Crippen MR) is 79.8 cm³/mol. The van der Waals surface area contributed by atoms with E-state index in [1.807, 2.05) is 0 Å². The molecule has 3 atom stereocenters. The zero-order valence-electron chi connectivity index (χ0n) is 12.3. The lowest BCUT2D eigenvalue weighted by Gasteiger charge is -2.31. The van der Waals surface area contributed by atoms with Crippen LogP contribution in [0.1, 0.15) is 12.0 Å². The van der Waals surface area contributed by atoms with Gasteiger partial charge in [0.05, 0.1) is 12.7 Å². The first-order valence-electron chi connectivity index (χ1n) is 7.22. The third-order valence-corrected chi connectivity index (χ3v) is 4.00. The zero-order valence-corrected chi connectivity index (χ0v) is 12.3. The molecule has 0 aliphatic carbocycles. The van der Waals surface area contributed by atoms with Crippen molar-refractivity contribution < 1.29 is 14.9 Å². The van der Waals surface area contributed by atoms with Gasteiger partial charge in [-0.2, -0.15) is 0 Å². The number of aliphatic hydroxyl groups is 2. The highest BCUT2D eigenvalue weighted by molar-refractivity contribution is 5.14. The molecule has 1 saturated heterocycles. The molecule has 8 heteroatoms. The van der Waals surface area contributed by atoms with Gasteiger partial charge < -0.3 is 14.9 Å². The number of nitrogens with one attached hydrogen (secondary N) is 1. The Morgan fingerprint density at radius 1 is 1.35 bits per heavy atom. The van der Waals surface area contributed by atoms with Gasteiger partial charge in [0, 0.05) is 37.5 Å². The summed E-state index contributed by atoms with van der Waals surface area (Å²) < 4.78 is 7.10. The predicted octanol–water partition coefficient (Wildman–Crippen LogP) is -1.03. The third-order valence-electron chi connectivity index (χ3n) is 4.00. The van der Waals surface area contributed by atoms with Gasteiger partial charge >= 0.3 is 5.69 Å². The fourth-order valence-corrected chi connectivity index (χ4v) is 2.94. The van der Waals surface area contributed by atoms with E-state index in [0.29, 0.717) is 0 Å². The lowest BCUT2D eigenvalue weighted by molar-refractivity contribution is -0.119. The standard InChI is InChI=1S/C15H17N3O5/c19-9-12-11(20)8-15(23-12,7-10-1-4-16-5-2-10)18-6-3-13(21)17-14(18)22/h1-6,11-12,19-20H,7-9H2,(H,17,21,22)/t11-,12+,15+/m0/s1. The molecule has 0 saturated carbocycles. The molecule has 1 aliphatic heterocycles. The molecular formula is C15H17N3O5. The first-order chi connectivity index (χ1) is 11.0. The number of ether oxygens (including phenoxy) is 1. The molecule has 0 radical (unpaired) electrons. The maximum atomic E-state index is 12.2. The van der Waals surface area contributed by atoms with Gasteiger partial charge in [-0.15, -0.1) is 0 Å². The molecule has 8 nitrogen and oxygen atoms in total. The van der Waals surface area contributed by atoms with Crippen LogP contribution in [0.15, 0.2) is 46.4 Å². The Hall–Kier alpha value is -2.29. The number of hydrogen-bond acceptors (Lipinski definition) is 6. The van der Waals surface area contributed by atoms with E-state index in [0.717, 1.165) is 5.56 Å². The van der Waals surface area contributed by atoms with Crippen LogP contribution < -0.4 is 11.2 Å². The van der Waals surface area contributed by atoms with Crippen LogP contribution >= 0.6 is 0 Å². The molecule has 0 unspecified atom stereocenters. The fourth-order valence-electron chi connectivity index (χ4n) is 2.94. The Kier molecular flexibility index (Phi) is 4.12. The van der Waals surface area contributed by atoms with E-state index in [-0.39, 0.29) is 19.4 Å².